The van der Waals surface area contributed by atoms with Gasteiger partial charge >= 0.3 is 197 Å². The maximum absolute atomic E-state index is 5.76. The Hall–Kier alpha value is -1.03. The van der Waals surface area contributed by atoms with Crippen molar-refractivity contribution < 1.29 is 9.47 Å². The molecule has 10 heteroatoms. The molecule has 0 spiro atoms. The summed E-state index contributed by atoms with van der Waals surface area (Å²) < 4.78 is 15.6. The topological polar surface area (TPSA) is 74.1 Å². The van der Waals surface area contributed by atoms with E-state index in [4.69, 9.17) is 14.5 Å². The van der Waals surface area contributed by atoms with Crippen LogP contribution >= 0.6 is 34.4 Å². The molecular weight excluding hydrogens is 564 g/mol. The number of benzene rings is 1. The molecular formula is C19H21AsIN5O2S. The number of hydrogen-bond acceptors (Lipinski definition) is 7. The zero-order valence-electron chi connectivity index (χ0n) is 16.2. The van der Waals surface area contributed by atoms with Crippen LogP contribution in [0.3, 0.4) is 0 Å². The van der Waals surface area contributed by atoms with E-state index < -0.39 is 0 Å². The maximum atomic E-state index is 5.76. The third-order valence-corrected chi connectivity index (χ3v) is 7.38. The number of aryl methyl sites for hydroxylation is 1. The van der Waals surface area contributed by atoms with Gasteiger partial charge in [0.25, 0.3) is 0 Å². The van der Waals surface area contributed by atoms with E-state index in [0.29, 0.717) is 19.3 Å². The fourth-order valence-corrected chi connectivity index (χ4v) is 5.17. The predicted molar refractivity (Wildman–Crippen MR) is 123 cm³/mol. The first kappa shape index (κ1) is 21.2. The molecule has 3 heterocycles. The Bertz CT molecular complexity index is 1030. The molecule has 29 heavy (non-hydrogen) atoms. The van der Waals surface area contributed by atoms with Crippen molar-refractivity contribution in [2.45, 2.75) is 42.9 Å². The second kappa shape index (κ2) is 9.41. The average Bonchev–Trinajstić information content (AvgIpc) is 3.04. The summed E-state index contributed by atoms with van der Waals surface area (Å²) in [6.45, 7) is 7.27. The van der Waals surface area contributed by atoms with Gasteiger partial charge in [-0.25, -0.2) is 0 Å². The van der Waals surface area contributed by atoms with E-state index >= 15 is 0 Å². The fourth-order valence-electron chi connectivity index (χ4n) is 3.03. The Morgan fingerprint density at radius 1 is 1.24 bits per heavy atom. The number of imidazole rings is 1. The third-order valence-electron chi connectivity index (χ3n) is 4.39. The van der Waals surface area contributed by atoms with Crippen LogP contribution in [0.2, 0.25) is 0 Å². The van der Waals surface area contributed by atoms with Gasteiger partial charge in [0.2, 0.25) is 0 Å². The van der Waals surface area contributed by atoms with Crippen LogP contribution in [0, 0.1) is 3.57 Å². The molecule has 0 amide bonds. The van der Waals surface area contributed by atoms with Gasteiger partial charge in [0.05, 0.1) is 0 Å². The Balaban J connectivity index is 1.66. The molecule has 0 bridgehead atoms. The SMILES string of the molecule is CC(C)NCCCn1c(Sc2cc3c(cc2I)OCCO3)nc2c([As])ncnc21. The molecule has 0 unspecified atom stereocenters. The van der Waals surface area contributed by atoms with Crippen LogP contribution in [0.4, 0.5) is 0 Å². The second-order valence-corrected chi connectivity index (χ2v) is 9.97. The molecule has 0 aliphatic carbocycles. The molecule has 0 atom stereocenters. The fraction of sp³-hybridized carbons (Fsp3) is 0.421. The molecule has 2 aromatic heterocycles. The third kappa shape index (κ3) is 4.84. The molecule has 2 radical (unpaired) electrons. The first-order valence-corrected chi connectivity index (χ1v) is 12.3. The number of hydrogen-bond donors (Lipinski definition) is 1. The number of aromatic nitrogens is 4. The second-order valence-electron chi connectivity index (χ2n) is 6.91. The molecule has 3 aromatic rings. The van der Waals surface area contributed by atoms with Crippen LogP contribution in [0.25, 0.3) is 11.2 Å². The molecule has 0 saturated heterocycles. The number of fused-ring (bicyclic) bond motifs is 2. The molecule has 152 valence electrons. The average molecular weight is 585 g/mol. The monoisotopic (exact) mass is 585 g/mol. The predicted octanol–water partition coefficient (Wildman–Crippen LogP) is 2.54. The molecule has 7 nitrogen and oxygen atoms in total. The summed E-state index contributed by atoms with van der Waals surface area (Å²) in [7, 11) is 0. The summed E-state index contributed by atoms with van der Waals surface area (Å²) in [5.74, 6) is 1.59. The number of rotatable bonds is 7. The zero-order chi connectivity index (χ0) is 20.4. The summed E-state index contributed by atoms with van der Waals surface area (Å²) in [4.78, 5) is 14.8. The van der Waals surface area contributed by atoms with Crippen molar-refractivity contribution >= 4 is 66.9 Å². The minimum atomic E-state index is 0.476. The van der Waals surface area contributed by atoms with Gasteiger partial charge in [-0.05, 0) is 0 Å². The molecule has 0 saturated carbocycles. The standard InChI is InChI=1S/C19H21AsIN5O2S/c1-11(2)22-4-3-5-26-18-16(17(20)23-10-24-18)25-19(26)29-15-9-14-13(8-12(15)21)27-6-7-28-14/h8-11,22H,3-7H2,1-2H3. The molecule has 0 fully saturated rings. The number of ether oxygens (including phenoxy) is 2. The van der Waals surface area contributed by atoms with Gasteiger partial charge in [0, 0.05) is 0 Å². The number of nitrogens with one attached hydrogen (secondary N) is 1. The van der Waals surface area contributed by atoms with Crippen LogP contribution < -0.4 is 19.3 Å². The van der Waals surface area contributed by atoms with E-state index in [1.807, 2.05) is 12.1 Å². The van der Waals surface area contributed by atoms with Crippen molar-refractivity contribution in [2.75, 3.05) is 19.8 Å². The van der Waals surface area contributed by atoms with E-state index in [9.17, 15) is 0 Å². The van der Waals surface area contributed by atoms with Crippen molar-refractivity contribution in [2.24, 2.45) is 0 Å². The Morgan fingerprint density at radius 2 is 2.00 bits per heavy atom. The van der Waals surface area contributed by atoms with Gasteiger partial charge in [-0.3, -0.25) is 0 Å². The van der Waals surface area contributed by atoms with Crippen molar-refractivity contribution in [3.8, 4) is 11.5 Å². The van der Waals surface area contributed by atoms with E-state index in [1.54, 1.807) is 18.1 Å². The van der Waals surface area contributed by atoms with E-state index in [1.165, 1.54) is 0 Å². The quantitative estimate of drug-likeness (QED) is 0.260. The summed E-state index contributed by atoms with van der Waals surface area (Å²) in [6, 6.07) is 4.54. The summed E-state index contributed by atoms with van der Waals surface area (Å²) >= 11 is 6.45. The summed E-state index contributed by atoms with van der Waals surface area (Å²) in [6.07, 6.45) is 2.59. The van der Waals surface area contributed by atoms with Crippen LogP contribution in [-0.4, -0.2) is 62.2 Å². The van der Waals surface area contributed by atoms with E-state index in [0.717, 1.165) is 60.3 Å². The Morgan fingerprint density at radius 3 is 2.76 bits per heavy atom. The van der Waals surface area contributed by atoms with Crippen molar-refractivity contribution in [3.63, 3.8) is 0 Å². The molecule has 1 aromatic carbocycles. The summed E-state index contributed by atoms with van der Waals surface area (Å²) in [5, 5.41) is 4.38. The van der Waals surface area contributed by atoms with Gasteiger partial charge in [0.15, 0.2) is 0 Å². The summed E-state index contributed by atoms with van der Waals surface area (Å²) in [5.41, 5.74) is 1.70. The first-order chi connectivity index (χ1) is 14.0. The van der Waals surface area contributed by atoms with Crippen LogP contribution in [-0.2, 0) is 6.54 Å². The molecule has 1 aliphatic heterocycles. The van der Waals surface area contributed by atoms with Gasteiger partial charge in [0.1, 0.15) is 0 Å². The van der Waals surface area contributed by atoms with Crippen LogP contribution in [0.1, 0.15) is 20.3 Å². The Labute approximate surface area is 196 Å². The zero-order valence-corrected chi connectivity index (χ0v) is 21.0. The normalized spacial score (nSPS) is 13.4. The van der Waals surface area contributed by atoms with Crippen molar-refractivity contribution in [1.82, 2.24) is 24.8 Å². The van der Waals surface area contributed by atoms with Gasteiger partial charge in [-0.2, -0.15) is 0 Å². The number of halogens is 1. The van der Waals surface area contributed by atoms with E-state index in [-0.39, 0.29) is 0 Å². The first-order valence-electron chi connectivity index (χ1n) is 9.43. The molecule has 1 N–H and O–H groups in total. The van der Waals surface area contributed by atoms with Crippen molar-refractivity contribution in [3.05, 3.63) is 22.0 Å². The molecule has 1 aliphatic rings. The van der Waals surface area contributed by atoms with Crippen LogP contribution in [0.15, 0.2) is 28.5 Å². The van der Waals surface area contributed by atoms with Crippen LogP contribution in [0.5, 0.6) is 11.5 Å². The Kier molecular flexibility index (Phi) is 6.88. The minimum absolute atomic E-state index is 0.476. The van der Waals surface area contributed by atoms with Gasteiger partial charge in [-0.15, -0.1) is 0 Å². The van der Waals surface area contributed by atoms with Gasteiger partial charge < -0.3 is 0 Å². The van der Waals surface area contributed by atoms with Gasteiger partial charge in [-0.1, -0.05) is 0 Å². The number of nitrogens with zero attached hydrogens (tertiary/aromatic N) is 4. The molecule has 4 rings (SSSR count). The van der Waals surface area contributed by atoms with Crippen molar-refractivity contribution in [1.29, 1.82) is 0 Å². The van der Waals surface area contributed by atoms with E-state index in [2.05, 4.69) is 73.1 Å².